The number of benzene rings is 4. The molecule has 10 heteroatoms. The van der Waals surface area contributed by atoms with Gasteiger partial charge in [0, 0.05) is 16.7 Å². The molecule has 0 unspecified atom stereocenters. The Morgan fingerprint density at radius 1 is 0.957 bits per heavy atom. The van der Waals surface area contributed by atoms with Crippen molar-refractivity contribution in [3.05, 3.63) is 156 Å². The number of esters is 1. The van der Waals surface area contributed by atoms with E-state index in [0.29, 0.717) is 48.8 Å². The average molecular weight is 639 g/mol. The Morgan fingerprint density at radius 2 is 1.70 bits per heavy atom. The van der Waals surface area contributed by atoms with Crippen LogP contribution in [-0.4, -0.2) is 24.3 Å². The standard InChI is InChI=1S/C36H28F2N2O5S/c1-3-44-35(42)30-31(22-10-5-4-6-11-22)39-36-40(32(30)23-16-18-26(37)19-17-23)34(41)29(46-36)20-24-13-9-15-28(43-2)33(24)45-21-25-12-7-8-14-27(25)38/h4-20,32H,3,21H2,1-2H3/b29-20-/t32-/m1/s1. The zero-order chi connectivity index (χ0) is 32.2. The topological polar surface area (TPSA) is 79.1 Å². The van der Waals surface area contributed by atoms with Crippen LogP contribution in [0.4, 0.5) is 8.78 Å². The normalized spacial score (nSPS) is 14.4. The summed E-state index contributed by atoms with van der Waals surface area (Å²) >= 11 is 1.13. The lowest BCUT2D eigenvalue weighted by atomic mass is 9.93. The van der Waals surface area contributed by atoms with Crippen LogP contribution in [0.2, 0.25) is 0 Å². The molecule has 7 nitrogen and oxygen atoms in total. The Morgan fingerprint density at radius 3 is 2.41 bits per heavy atom. The van der Waals surface area contributed by atoms with E-state index in [1.165, 1.54) is 29.9 Å². The highest BCUT2D eigenvalue weighted by atomic mass is 32.1. The smallest absolute Gasteiger partial charge is 0.338 e. The van der Waals surface area contributed by atoms with Gasteiger partial charge in [-0.05, 0) is 42.8 Å². The van der Waals surface area contributed by atoms with Gasteiger partial charge in [-0.3, -0.25) is 9.36 Å². The highest BCUT2D eigenvalue weighted by Gasteiger charge is 2.35. The molecule has 0 bridgehead atoms. The highest BCUT2D eigenvalue weighted by Crippen LogP contribution is 2.36. The summed E-state index contributed by atoms with van der Waals surface area (Å²) in [5.41, 5.74) is 2.15. The van der Waals surface area contributed by atoms with E-state index in [4.69, 9.17) is 19.2 Å². The van der Waals surface area contributed by atoms with Crippen LogP contribution in [0, 0.1) is 11.6 Å². The second-order valence-electron chi connectivity index (χ2n) is 10.2. The predicted octanol–water partition coefficient (Wildman–Crippen LogP) is 5.80. The van der Waals surface area contributed by atoms with E-state index < -0.39 is 29.2 Å². The molecule has 1 aliphatic heterocycles. The summed E-state index contributed by atoms with van der Waals surface area (Å²) in [6, 6.07) is 25.4. The lowest BCUT2D eigenvalue weighted by Gasteiger charge is -2.25. The summed E-state index contributed by atoms with van der Waals surface area (Å²) in [5.74, 6) is -0.767. The van der Waals surface area contributed by atoms with Crippen molar-refractivity contribution in [1.82, 2.24) is 4.57 Å². The molecule has 0 saturated carbocycles. The quantitative estimate of drug-likeness (QED) is 0.191. The summed E-state index contributed by atoms with van der Waals surface area (Å²) in [6.45, 7) is 1.74. The molecule has 232 valence electrons. The zero-order valence-electron chi connectivity index (χ0n) is 24.9. The Balaban J connectivity index is 1.55. The number of carbonyl (C=O) groups is 1. The van der Waals surface area contributed by atoms with Crippen molar-refractivity contribution >= 4 is 29.1 Å². The third-order valence-corrected chi connectivity index (χ3v) is 8.39. The van der Waals surface area contributed by atoms with Gasteiger partial charge in [-0.1, -0.05) is 84.1 Å². The van der Waals surface area contributed by atoms with Crippen LogP contribution < -0.4 is 24.4 Å². The highest BCUT2D eigenvalue weighted by molar-refractivity contribution is 7.07. The minimum atomic E-state index is -0.949. The molecule has 0 fully saturated rings. The number of hydrogen-bond donors (Lipinski definition) is 0. The maximum atomic E-state index is 14.4. The molecule has 6 rings (SSSR count). The second-order valence-corrected chi connectivity index (χ2v) is 11.3. The Labute approximate surface area is 267 Å². The Hall–Kier alpha value is -5.35. The van der Waals surface area contributed by atoms with Gasteiger partial charge in [0.2, 0.25) is 0 Å². The average Bonchev–Trinajstić information content (AvgIpc) is 3.38. The SMILES string of the molecule is CCOC(=O)C1=C(c2ccccc2)N=c2s/c(=C\c3cccc(OC)c3OCc3ccccc3F)c(=O)n2[C@@H]1c1ccc(F)cc1. The van der Waals surface area contributed by atoms with E-state index in [1.54, 1.807) is 61.5 Å². The molecule has 1 aromatic heterocycles. The second kappa shape index (κ2) is 13.3. The molecule has 4 aromatic carbocycles. The fourth-order valence-corrected chi connectivity index (χ4v) is 6.26. The number of aromatic nitrogens is 1. The maximum absolute atomic E-state index is 14.4. The maximum Gasteiger partial charge on any atom is 0.338 e. The van der Waals surface area contributed by atoms with Crippen molar-refractivity contribution in [2.24, 2.45) is 4.99 Å². The van der Waals surface area contributed by atoms with E-state index in [9.17, 15) is 18.4 Å². The molecule has 5 aromatic rings. The molecule has 1 aliphatic rings. The van der Waals surface area contributed by atoms with Gasteiger partial charge in [0.1, 0.15) is 18.2 Å². The number of ether oxygens (including phenoxy) is 3. The first-order chi connectivity index (χ1) is 22.4. The lowest BCUT2D eigenvalue weighted by Crippen LogP contribution is -2.40. The lowest BCUT2D eigenvalue weighted by molar-refractivity contribution is -0.138. The Kier molecular flexibility index (Phi) is 8.89. The predicted molar refractivity (Wildman–Crippen MR) is 171 cm³/mol. The largest absolute Gasteiger partial charge is 0.493 e. The molecule has 0 amide bonds. The minimum Gasteiger partial charge on any atom is -0.493 e. The third-order valence-electron chi connectivity index (χ3n) is 7.41. The minimum absolute atomic E-state index is 0.0664. The Bertz CT molecular complexity index is 2120. The van der Waals surface area contributed by atoms with E-state index in [1.807, 2.05) is 30.3 Å². The van der Waals surface area contributed by atoms with Gasteiger partial charge < -0.3 is 14.2 Å². The van der Waals surface area contributed by atoms with Gasteiger partial charge in [0.15, 0.2) is 16.3 Å². The molecule has 0 spiro atoms. The summed E-state index contributed by atoms with van der Waals surface area (Å²) in [6.07, 6.45) is 1.65. The van der Waals surface area contributed by atoms with Crippen molar-refractivity contribution in [3.8, 4) is 11.5 Å². The van der Waals surface area contributed by atoms with Crippen molar-refractivity contribution in [3.63, 3.8) is 0 Å². The number of para-hydroxylation sites is 1. The summed E-state index contributed by atoms with van der Waals surface area (Å²) in [5, 5.41) is 0. The molecular weight excluding hydrogens is 610 g/mol. The van der Waals surface area contributed by atoms with Gasteiger partial charge in [0.05, 0.1) is 35.6 Å². The van der Waals surface area contributed by atoms with Gasteiger partial charge in [-0.25, -0.2) is 18.6 Å². The van der Waals surface area contributed by atoms with E-state index in [2.05, 4.69) is 0 Å². The van der Waals surface area contributed by atoms with Crippen LogP contribution >= 0.6 is 11.3 Å². The van der Waals surface area contributed by atoms with Crippen molar-refractivity contribution in [2.45, 2.75) is 19.6 Å². The van der Waals surface area contributed by atoms with Crippen molar-refractivity contribution in [1.29, 1.82) is 0 Å². The first-order valence-corrected chi connectivity index (χ1v) is 15.3. The van der Waals surface area contributed by atoms with Crippen LogP contribution in [0.3, 0.4) is 0 Å². The fourth-order valence-electron chi connectivity index (χ4n) is 5.27. The molecule has 0 radical (unpaired) electrons. The summed E-state index contributed by atoms with van der Waals surface area (Å²) in [4.78, 5) is 33.0. The van der Waals surface area contributed by atoms with Crippen LogP contribution in [0.15, 0.2) is 112 Å². The van der Waals surface area contributed by atoms with E-state index in [-0.39, 0.29) is 18.8 Å². The molecular formula is C36H28F2N2O5S. The molecule has 0 aliphatic carbocycles. The number of methoxy groups -OCH3 is 1. The fraction of sp³-hybridized carbons (Fsp3) is 0.139. The number of halogens is 2. The molecule has 46 heavy (non-hydrogen) atoms. The van der Waals surface area contributed by atoms with Crippen LogP contribution in [-0.2, 0) is 16.1 Å². The summed E-state index contributed by atoms with van der Waals surface area (Å²) < 4.78 is 47.2. The van der Waals surface area contributed by atoms with Gasteiger partial charge in [-0.2, -0.15) is 0 Å². The molecule has 1 atom stereocenters. The van der Waals surface area contributed by atoms with Gasteiger partial charge in [-0.15, -0.1) is 0 Å². The van der Waals surface area contributed by atoms with E-state index in [0.717, 1.165) is 11.3 Å². The molecule has 0 saturated heterocycles. The van der Waals surface area contributed by atoms with Gasteiger partial charge in [0.25, 0.3) is 5.56 Å². The summed E-state index contributed by atoms with van der Waals surface area (Å²) in [7, 11) is 1.49. The first-order valence-electron chi connectivity index (χ1n) is 14.5. The first kappa shape index (κ1) is 30.7. The number of thiazole rings is 1. The third kappa shape index (κ3) is 5.99. The number of rotatable bonds is 9. The van der Waals surface area contributed by atoms with Gasteiger partial charge >= 0.3 is 5.97 Å². The van der Waals surface area contributed by atoms with Crippen molar-refractivity contribution in [2.75, 3.05) is 13.7 Å². The number of fused-ring (bicyclic) bond motifs is 1. The zero-order valence-corrected chi connectivity index (χ0v) is 25.7. The number of carbonyl (C=O) groups excluding carboxylic acids is 1. The van der Waals surface area contributed by atoms with Crippen LogP contribution in [0.1, 0.15) is 35.2 Å². The van der Waals surface area contributed by atoms with Crippen molar-refractivity contribution < 1.29 is 27.8 Å². The number of nitrogens with zero attached hydrogens (tertiary/aromatic N) is 2. The molecule has 0 N–H and O–H groups in total. The van der Waals surface area contributed by atoms with Crippen LogP contribution in [0.25, 0.3) is 11.8 Å². The monoisotopic (exact) mass is 638 g/mol. The van der Waals surface area contributed by atoms with Crippen LogP contribution in [0.5, 0.6) is 11.5 Å². The number of hydrogen-bond acceptors (Lipinski definition) is 7. The van der Waals surface area contributed by atoms with E-state index >= 15 is 0 Å². The molecule has 2 heterocycles.